The van der Waals surface area contributed by atoms with Gasteiger partial charge in [0.1, 0.15) is 0 Å². The largest absolute Gasteiger partial charge is 0.339 e. The van der Waals surface area contributed by atoms with E-state index in [4.69, 9.17) is 4.52 Å². The molecule has 2 heterocycles. The number of unbranched alkanes of at least 4 members (excludes halogenated alkanes) is 2. The van der Waals surface area contributed by atoms with Crippen molar-refractivity contribution in [1.29, 1.82) is 0 Å². The fourth-order valence-corrected chi connectivity index (χ4v) is 2.50. The highest BCUT2D eigenvalue weighted by Gasteiger charge is 2.34. The van der Waals surface area contributed by atoms with Gasteiger partial charge in [-0.05, 0) is 20.3 Å². The number of nitrogens with one attached hydrogen (secondary N) is 1. The quantitative estimate of drug-likeness (QED) is 0.798. The van der Waals surface area contributed by atoms with Crippen LogP contribution in [0.2, 0.25) is 0 Å². The molecule has 0 amide bonds. The average Bonchev–Trinajstić information content (AvgIpc) is 2.90. The van der Waals surface area contributed by atoms with Gasteiger partial charge in [0.2, 0.25) is 5.89 Å². The molecule has 0 radical (unpaired) electrons. The number of nitrogens with zero attached hydrogens (tertiary/aromatic N) is 3. The van der Waals surface area contributed by atoms with Gasteiger partial charge < -0.3 is 9.84 Å². The molecule has 19 heavy (non-hydrogen) atoms. The summed E-state index contributed by atoms with van der Waals surface area (Å²) in [6, 6.07) is 0. The molecule has 0 spiro atoms. The van der Waals surface area contributed by atoms with Gasteiger partial charge in [0, 0.05) is 32.6 Å². The molecule has 0 saturated carbocycles. The first-order valence-electron chi connectivity index (χ1n) is 7.43. The Morgan fingerprint density at radius 1 is 1.26 bits per heavy atom. The van der Waals surface area contributed by atoms with Crippen LogP contribution in [-0.2, 0) is 12.0 Å². The van der Waals surface area contributed by atoms with Gasteiger partial charge in [-0.3, -0.25) is 4.90 Å². The van der Waals surface area contributed by atoms with Crippen molar-refractivity contribution in [3.63, 3.8) is 0 Å². The van der Waals surface area contributed by atoms with E-state index in [0.717, 1.165) is 50.7 Å². The summed E-state index contributed by atoms with van der Waals surface area (Å²) in [7, 11) is 0. The maximum atomic E-state index is 5.38. The molecule has 1 N–H and O–H groups in total. The Morgan fingerprint density at radius 3 is 2.68 bits per heavy atom. The molecule has 2 rings (SSSR count). The zero-order valence-corrected chi connectivity index (χ0v) is 12.4. The van der Waals surface area contributed by atoms with E-state index in [2.05, 4.69) is 41.1 Å². The van der Waals surface area contributed by atoms with E-state index in [0.29, 0.717) is 0 Å². The van der Waals surface area contributed by atoms with Gasteiger partial charge in [-0.2, -0.15) is 4.98 Å². The molecule has 1 aliphatic rings. The molecule has 1 fully saturated rings. The molecule has 108 valence electrons. The highest BCUT2D eigenvalue weighted by atomic mass is 16.5. The highest BCUT2D eigenvalue weighted by molar-refractivity contribution is 5.03. The molecule has 1 aromatic rings. The van der Waals surface area contributed by atoms with Crippen molar-refractivity contribution in [2.75, 3.05) is 26.2 Å². The van der Waals surface area contributed by atoms with Crippen LogP contribution in [0, 0.1) is 0 Å². The first-order valence-corrected chi connectivity index (χ1v) is 7.43. The molecule has 1 aliphatic heterocycles. The Hall–Kier alpha value is -0.940. The summed E-state index contributed by atoms with van der Waals surface area (Å²) in [5.41, 5.74) is -0.144. The van der Waals surface area contributed by atoms with Crippen LogP contribution in [0.5, 0.6) is 0 Å². The van der Waals surface area contributed by atoms with Crippen molar-refractivity contribution in [1.82, 2.24) is 20.4 Å². The lowest BCUT2D eigenvalue weighted by molar-refractivity contribution is 0.0924. The van der Waals surface area contributed by atoms with Gasteiger partial charge in [0.25, 0.3) is 0 Å². The van der Waals surface area contributed by atoms with Crippen LogP contribution in [0.1, 0.15) is 51.7 Å². The van der Waals surface area contributed by atoms with E-state index in [-0.39, 0.29) is 5.54 Å². The number of hydrogen-bond donors (Lipinski definition) is 1. The predicted molar refractivity (Wildman–Crippen MR) is 75.0 cm³/mol. The van der Waals surface area contributed by atoms with Gasteiger partial charge >= 0.3 is 0 Å². The monoisotopic (exact) mass is 266 g/mol. The van der Waals surface area contributed by atoms with E-state index < -0.39 is 0 Å². The Balaban J connectivity index is 1.99. The van der Waals surface area contributed by atoms with E-state index >= 15 is 0 Å². The van der Waals surface area contributed by atoms with Gasteiger partial charge in [-0.1, -0.05) is 24.9 Å². The molecule has 5 heteroatoms. The van der Waals surface area contributed by atoms with Crippen molar-refractivity contribution in [3.05, 3.63) is 11.7 Å². The zero-order chi connectivity index (χ0) is 13.7. The molecule has 0 aromatic carbocycles. The number of aryl methyl sites for hydroxylation is 1. The van der Waals surface area contributed by atoms with Crippen LogP contribution in [0.4, 0.5) is 0 Å². The fraction of sp³-hybridized carbons (Fsp3) is 0.857. The van der Waals surface area contributed by atoms with Gasteiger partial charge in [0.15, 0.2) is 5.82 Å². The van der Waals surface area contributed by atoms with Crippen molar-refractivity contribution >= 4 is 0 Å². The van der Waals surface area contributed by atoms with Gasteiger partial charge in [0.05, 0.1) is 5.54 Å². The maximum Gasteiger partial charge on any atom is 0.226 e. The van der Waals surface area contributed by atoms with Crippen molar-refractivity contribution in [3.8, 4) is 0 Å². The summed E-state index contributed by atoms with van der Waals surface area (Å²) in [5.74, 6) is 1.60. The van der Waals surface area contributed by atoms with E-state index in [9.17, 15) is 0 Å². The Morgan fingerprint density at radius 2 is 2.00 bits per heavy atom. The second-order valence-electron chi connectivity index (χ2n) is 5.76. The third kappa shape index (κ3) is 3.54. The third-order valence-electron chi connectivity index (χ3n) is 3.92. The van der Waals surface area contributed by atoms with Crippen molar-refractivity contribution in [2.45, 2.75) is 52.0 Å². The normalized spacial score (nSPS) is 17.8. The van der Waals surface area contributed by atoms with Crippen LogP contribution in [-0.4, -0.2) is 41.2 Å². The van der Waals surface area contributed by atoms with Crippen LogP contribution < -0.4 is 5.32 Å². The summed E-state index contributed by atoms with van der Waals surface area (Å²) >= 11 is 0. The van der Waals surface area contributed by atoms with Crippen LogP contribution in [0.3, 0.4) is 0 Å². The van der Waals surface area contributed by atoms with Crippen molar-refractivity contribution in [2.24, 2.45) is 0 Å². The molecule has 5 nitrogen and oxygen atoms in total. The topological polar surface area (TPSA) is 54.2 Å². The summed E-state index contributed by atoms with van der Waals surface area (Å²) < 4.78 is 5.38. The minimum Gasteiger partial charge on any atom is -0.339 e. The number of piperazine rings is 1. The second-order valence-corrected chi connectivity index (χ2v) is 5.76. The van der Waals surface area contributed by atoms with E-state index in [1.807, 2.05) is 0 Å². The number of hydrogen-bond acceptors (Lipinski definition) is 5. The van der Waals surface area contributed by atoms with Gasteiger partial charge in [-0.25, -0.2) is 0 Å². The lowest BCUT2D eigenvalue weighted by Crippen LogP contribution is -2.52. The summed E-state index contributed by atoms with van der Waals surface area (Å²) in [6.07, 6.45) is 4.47. The predicted octanol–water partition coefficient (Wildman–Crippen LogP) is 1.94. The molecule has 0 unspecified atom stereocenters. The molecule has 0 bridgehead atoms. The first-order chi connectivity index (χ1) is 9.14. The lowest BCUT2D eigenvalue weighted by Gasteiger charge is -2.38. The number of aromatic nitrogens is 2. The Labute approximate surface area is 115 Å². The van der Waals surface area contributed by atoms with E-state index in [1.165, 1.54) is 12.8 Å². The molecule has 1 saturated heterocycles. The molecular formula is C14H26N4O. The smallest absolute Gasteiger partial charge is 0.226 e. The van der Waals surface area contributed by atoms with Crippen LogP contribution in [0.25, 0.3) is 0 Å². The van der Waals surface area contributed by atoms with Gasteiger partial charge in [-0.15, -0.1) is 0 Å². The average molecular weight is 266 g/mol. The summed E-state index contributed by atoms with van der Waals surface area (Å²) in [4.78, 5) is 7.01. The molecule has 0 atom stereocenters. The third-order valence-corrected chi connectivity index (χ3v) is 3.92. The maximum absolute atomic E-state index is 5.38. The minimum absolute atomic E-state index is 0.144. The van der Waals surface area contributed by atoms with Crippen LogP contribution in [0.15, 0.2) is 4.52 Å². The Kier molecular flexibility index (Phi) is 4.93. The molecular weight excluding hydrogens is 240 g/mol. The van der Waals surface area contributed by atoms with Crippen molar-refractivity contribution < 1.29 is 4.52 Å². The minimum atomic E-state index is -0.144. The highest BCUT2D eigenvalue weighted by Crippen LogP contribution is 2.25. The number of rotatable bonds is 6. The Bertz CT molecular complexity index is 383. The summed E-state index contributed by atoms with van der Waals surface area (Å²) in [6.45, 7) is 10.7. The fourth-order valence-electron chi connectivity index (χ4n) is 2.50. The molecule has 0 aliphatic carbocycles. The first kappa shape index (κ1) is 14.5. The SMILES string of the molecule is CCCCCc1nc(C(C)(C)N2CCNCC2)no1. The van der Waals surface area contributed by atoms with E-state index in [1.54, 1.807) is 0 Å². The summed E-state index contributed by atoms with van der Waals surface area (Å²) in [5, 5.41) is 7.57. The second kappa shape index (κ2) is 6.48. The lowest BCUT2D eigenvalue weighted by atomic mass is 10.0. The molecule has 1 aromatic heterocycles. The standard InChI is InChI=1S/C14H26N4O/c1-4-5-6-7-12-16-13(17-19-12)14(2,3)18-10-8-15-9-11-18/h15H,4-11H2,1-3H3. The van der Waals surface area contributed by atoms with Crippen LogP contribution >= 0.6 is 0 Å². The zero-order valence-electron chi connectivity index (χ0n) is 12.4.